The molecule has 0 aliphatic rings. The molecule has 0 saturated carbocycles. The van der Waals surface area contributed by atoms with E-state index in [-0.39, 0.29) is 29.2 Å². The summed E-state index contributed by atoms with van der Waals surface area (Å²) in [6.07, 6.45) is 9.09. The first-order chi connectivity index (χ1) is 43.3. The van der Waals surface area contributed by atoms with Crippen molar-refractivity contribution in [2.75, 3.05) is 0 Å². The van der Waals surface area contributed by atoms with E-state index in [1.165, 1.54) is 85.5 Å². The van der Waals surface area contributed by atoms with Crippen LogP contribution in [0.3, 0.4) is 0 Å². The van der Waals surface area contributed by atoms with Gasteiger partial charge in [0.05, 0.1) is 0 Å². The van der Waals surface area contributed by atoms with Crippen LogP contribution in [0.25, 0.3) is 89.5 Å². The molecule has 0 aliphatic carbocycles. The molecule has 8 aromatic carbocycles. The molecule has 0 saturated heterocycles. The summed E-state index contributed by atoms with van der Waals surface area (Å²) >= 11 is 0. The van der Waals surface area contributed by atoms with E-state index in [0.717, 1.165) is 55.6 Å². The Hall–Kier alpha value is -9.92. The lowest BCUT2D eigenvalue weighted by Gasteiger charge is -2.10. The third-order valence-electron chi connectivity index (χ3n) is 16.6. The first-order valence-electron chi connectivity index (χ1n) is 30.6. The fourth-order valence-corrected chi connectivity index (χ4v) is 11.3. The Morgan fingerprint density at radius 1 is 0.300 bits per heavy atom. The van der Waals surface area contributed by atoms with Crippen molar-refractivity contribution in [3.8, 4) is 89.5 Å². The van der Waals surface area contributed by atoms with Crippen molar-refractivity contribution in [1.29, 1.82) is 0 Å². The standard InChI is InChI=1S/C22H23FN.C21H21FN.C20H19FN.C19H17FN/c1-15(2)20-13-17(9-11-21(20)23)18-10-12-22(24(4)14-18)19-8-6-5-7-16(19)3;1-4-16-13-17(9-11-20(16)22)18-10-12-21(23(3)14-18)19-8-6-5-7-15(19)2;1-14-6-4-5-7-18(14)20-11-9-17(13-22(20)3)16-8-10-19(21)15(2)12-16;1-14-5-3-4-6-18(14)19-12-9-16(13-21(19)2)15-7-10-17(20)11-8-15/h5-15H,1-4H3;5-14H,4H2,1-3H3;4-13H,1-3H3;3-13H,1-2H3/q4*+1. The molecule has 4 heterocycles. The molecule has 0 spiro atoms. The molecule has 0 unspecified atom stereocenters. The molecule has 452 valence electrons. The average molecular weight is 1200 g/mol. The topological polar surface area (TPSA) is 15.5 Å². The molecule has 12 aromatic rings. The third kappa shape index (κ3) is 15.5. The van der Waals surface area contributed by atoms with E-state index in [4.69, 9.17) is 0 Å². The molecule has 90 heavy (non-hydrogen) atoms. The summed E-state index contributed by atoms with van der Waals surface area (Å²) in [5.74, 6) is -0.457. The fourth-order valence-electron chi connectivity index (χ4n) is 11.3. The summed E-state index contributed by atoms with van der Waals surface area (Å²) < 4.78 is 62.6. The SMILES string of the molecule is CCc1cc(-c2ccc(-c3ccccc3C)[n+](C)c2)ccc1F.Cc1cc(-c2ccc(-c3ccccc3C)[n+](C)c2)ccc1F.Cc1ccccc1-c1ccc(-c2ccc(F)c(C(C)C)c2)c[n+]1C.Cc1ccccc1-c1ccc(-c2ccc(F)cc2)c[n+]1C. The Morgan fingerprint density at radius 3 is 0.933 bits per heavy atom. The molecule has 0 N–H and O–H groups in total. The van der Waals surface area contributed by atoms with Gasteiger partial charge in [-0.05, 0) is 205 Å². The van der Waals surface area contributed by atoms with E-state index in [9.17, 15) is 17.6 Å². The van der Waals surface area contributed by atoms with Crippen LogP contribution in [0.15, 0.2) is 249 Å². The van der Waals surface area contributed by atoms with Crippen molar-refractivity contribution in [1.82, 2.24) is 0 Å². The van der Waals surface area contributed by atoms with Crippen molar-refractivity contribution in [2.45, 2.75) is 67.7 Å². The molecule has 0 bridgehead atoms. The zero-order valence-corrected chi connectivity index (χ0v) is 53.8. The predicted molar refractivity (Wildman–Crippen MR) is 361 cm³/mol. The maximum atomic E-state index is 13.9. The highest BCUT2D eigenvalue weighted by atomic mass is 19.1. The number of nitrogens with zero attached hydrogens (tertiary/aromatic N) is 4. The Labute approximate surface area is 530 Å². The summed E-state index contributed by atoms with van der Waals surface area (Å²) in [4.78, 5) is 0. The Balaban J connectivity index is 0.000000142. The zero-order valence-electron chi connectivity index (χ0n) is 53.8. The van der Waals surface area contributed by atoms with Gasteiger partial charge in [-0.3, -0.25) is 0 Å². The Morgan fingerprint density at radius 2 is 0.600 bits per heavy atom. The van der Waals surface area contributed by atoms with Crippen molar-refractivity contribution >= 4 is 0 Å². The maximum absolute atomic E-state index is 13.9. The molecule has 0 atom stereocenters. The van der Waals surface area contributed by atoms with Gasteiger partial charge in [0.1, 0.15) is 51.5 Å². The lowest BCUT2D eigenvalue weighted by atomic mass is 9.97. The summed E-state index contributed by atoms with van der Waals surface area (Å²) in [6, 6.07) is 72.9. The van der Waals surface area contributed by atoms with Crippen molar-refractivity contribution < 1.29 is 35.8 Å². The second-order valence-electron chi connectivity index (χ2n) is 23.4. The number of benzene rings is 8. The second-order valence-corrected chi connectivity index (χ2v) is 23.4. The summed E-state index contributed by atoms with van der Waals surface area (Å²) in [5.41, 5.74) is 25.3. The van der Waals surface area contributed by atoms with Crippen molar-refractivity contribution in [2.24, 2.45) is 28.2 Å². The highest BCUT2D eigenvalue weighted by molar-refractivity contribution is 5.71. The zero-order chi connectivity index (χ0) is 64.2. The van der Waals surface area contributed by atoms with E-state index in [1.807, 2.05) is 77.3 Å². The summed E-state index contributed by atoms with van der Waals surface area (Å²) in [6.45, 7) is 16.3. The molecule has 0 aliphatic heterocycles. The van der Waals surface area contributed by atoms with Crippen LogP contribution >= 0.6 is 0 Å². The van der Waals surface area contributed by atoms with E-state index in [0.29, 0.717) is 12.0 Å². The van der Waals surface area contributed by atoms with Gasteiger partial charge in [0, 0.05) is 68.8 Å². The molecule has 4 aromatic heterocycles. The van der Waals surface area contributed by atoms with Crippen LogP contribution < -0.4 is 18.3 Å². The van der Waals surface area contributed by atoms with Gasteiger partial charge >= 0.3 is 0 Å². The highest BCUT2D eigenvalue weighted by Gasteiger charge is 2.19. The van der Waals surface area contributed by atoms with Crippen LogP contribution in [-0.2, 0) is 34.6 Å². The molecule has 12 rings (SSSR count). The first-order valence-corrected chi connectivity index (χ1v) is 30.6. The number of hydrogen-bond acceptors (Lipinski definition) is 0. The largest absolute Gasteiger partial charge is 0.212 e. The summed E-state index contributed by atoms with van der Waals surface area (Å²) in [5, 5.41) is 0. The van der Waals surface area contributed by atoms with E-state index < -0.39 is 0 Å². The van der Waals surface area contributed by atoms with Crippen LogP contribution in [0, 0.1) is 57.9 Å². The first kappa shape index (κ1) is 64.6. The third-order valence-corrected chi connectivity index (χ3v) is 16.6. The van der Waals surface area contributed by atoms with Crippen molar-refractivity contribution in [3.05, 3.63) is 311 Å². The molecule has 8 heteroatoms. The van der Waals surface area contributed by atoms with E-state index in [1.54, 1.807) is 31.2 Å². The monoisotopic (exact) mass is 1200 g/mol. The number of pyridine rings is 4. The van der Waals surface area contributed by atoms with Crippen LogP contribution in [0.5, 0.6) is 0 Å². The Kier molecular flexibility index (Phi) is 21.1. The van der Waals surface area contributed by atoms with Crippen molar-refractivity contribution in [3.63, 3.8) is 0 Å². The van der Waals surface area contributed by atoms with Gasteiger partial charge in [0.2, 0.25) is 22.8 Å². The van der Waals surface area contributed by atoms with Crippen LogP contribution in [0.4, 0.5) is 17.6 Å². The fraction of sp³-hybridized carbons (Fsp3) is 0.171. The second kappa shape index (κ2) is 29.4. The molecule has 0 fully saturated rings. The number of aryl methyl sites for hydroxylation is 10. The number of halogens is 4. The average Bonchev–Trinajstić information content (AvgIpc) is 1.29. The van der Waals surface area contributed by atoms with E-state index >= 15 is 0 Å². The molecule has 0 radical (unpaired) electrons. The highest BCUT2D eigenvalue weighted by Crippen LogP contribution is 2.31. The molecule has 4 nitrogen and oxygen atoms in total. The lowest BCUT2D eigenvalue weighted by Crippen LogP contribution is -2.30. The quantitative estimate of drug-likeness (QED) is 0.0958. The minimum absolute atomic E-state index is 0.128. The van der Waals surface area contributed by atoms with E-state index in [2.05, 4.69) is 224 Å². The van der Waals surface area contributed by atoms with Gasteiger partial charge in [-0.15, -0.1) is 0 Å². The van der Waals surface area contributed by atoms with Gasteiger partial charge in [-0.1, -0.05) is 124 Å². The molecular formula is C82H80F4N4+4. The maximum Gasteiger partial charge on any atom is 0.212 e. The smallest absolute Gasteiger partial charge is 0.207 e. The Bertz CT molecular complexity index is 4490. The van der Waals surface area contributed by atoms with Gasteiger partial charge in [0.25, 0.3) is 0 Å². The van der Waals surface area contributed by atoms with Crippen LogP contribution in [-0.4, -0.2) is 0 Å². The minimum Gasteiger partial charge on any atom is -0.207 e. The van der Waals surface area contributed by atoms with Gasteiger partial charge in [-0.2, -0.15) is 0 Å². The van der Waals surface area contributed by atoms with Crippen LogP contribution in [0.2, 0.25) is 0 Å². The summed E-state index contributed by atoms with van der Waals surface area (Å²) in [7, 11) is 8.18. The minimum atomic E-state index is -0.209. The number of rotatable bonds is 10. The number of aromatic nitrogens is 4. The number of hydrogen-bond donors (Lipinski definition) is 0. The van der Waals surface area contributed by atoms with Gasteiger partial charge in [0.15, 0.2) is 24.8 Å². The van der Waals surface area contributed by atoms with Gasteiger partial charge < -0.3 is 0 Å². The normalized spacial score (nSPS) is 10.8. The molecule has 0 amide bonds. The van der Waals surface area contributed by atoms with Crippen LogP contribution in [0.1, 0.15) is 65.6 Å². The molecular weight excluding hydrogens is 1120 g/mol. The lowest BCUT2D eigenvalue weighted by molar-refractivity contribution is -0.660. The predicted octanol–water partition coefficient (Wildman–Crippen LogP) is 19.2. The van der Waals surface area contributed by atoms with Gasteiger partial charge in [-0.25, -0.2) is 35.8 Å².